The number of hydrazine groups is 3. The van der Waals surface area contributed by atoms with Crippen molar-refractivity contribution in [3.63, 3.8) is 0 Å². The van der Waals surface area contributed by atoms with Crippen LogP contribution in [0.15, 0.2) is 48.5 Å². The van der Waals surface area contributed by atoms with Gasteiger partial charge < -0.3 is 5.11 Å². The van der Waals surface area contributed by atoms with Crippen molar-refractivity contribution in [1.29, 1.82) is 0 Å². The van der Waals surface area contributed by atoms with E-state index in [9.17, 15) is 9.90 Å². The van der Waals surface area contributed by atoms with E-state index in [0.29, 0.717) is 11.4 Å². The lowest BCUT2D eigenvalue weighted by Crippen LogP contribution is -2.52. The summed E-state index contributed by atoms with van der Waals surface area (Å²) in [5, 5.41) is 12.7. The highest BCUT2D eigenvalue weighted by Crippen LogP contribution is 2.38. The minimum absolute atomic E-state index is 0.0441. The molecule has 1 aliphatic rings. The zero-order chi connectivity index (χ0) is 14.1. The number of carbonyl (C=O) groups excluding carboxylic acids is 1. The number of anilines is 3. The fourth-order valence-electron chi connectivity index (χ4n) is 2.10. The van der Waals surface area contributed by atoms with E-state index in [1.54, 1.807) is 30.3 Å². The first kappa shape index (κ1) is 12.1. The second-order valence-electron chi connectivity index (χ2n) is 4.19. The van der Waals surface area contributed by atoms with Crippen LogP contribution >= 0.6 is 0 Å². The van der Waals surface area contributed by atoms with Gasteiger partial charge in [0.05, 0.1) is 11.4 Å². The van der Waals surface area contributed by atoms with Crippen molar-refractivity contribution in [2.24, 2.45) is 5.84 Å². The molecule has 0 saturated heterocycles. The lowest BCUT2D eigenvalue weighted by atomic mass is 10.3. The molecule has 0 aliphatic carbocycles. The first-order chi connectivity index (χ1) is 9.72. The van der Waals surface area contributed by atoms with Crippen molar-refractivity contribution < 1.29 is 9.90 Å². The van der Waals surface area contributed by atoms with Gasteiger partial charge in [0.25, 0.3) is 0 Å². The Hall–Kier alpha value is -2.93. The van der Waals surface area contributed by atoms with Crippen molar-refractivity contribution in [1.82, 2.24) is 5.43 Å². The maximum absolute atomic E-state index is 12.0. The molecular weight excluding hydrogens is 258 g/mol. The maximum Gasteiger partial charge on any atom is 0.356 e. The first-order valence-electron chi connectivity index (χ1n) is 5.97. The van der Waals surface area contributed by atoms with Gasteiger partial charge in [0.2, 0.25) is 0 Å². The van der Waals surface area contributed by atoms with Crippen LogP contribution < -0.4 is 26.8 Å². The molecule has 2 aromatic rings. The molecule has 20 heavy (non-hydrogen) atoms. The molecule has 0 saturated carbocycles. The van der Waals surface area contributed by atoms with Crippen LogP contribution in [0.4, 0.5) is 21.9 Å². The highest BCUT2D eigenvalue weighted by Gasteiger charge is 2.33. The number of rotatable bonds is 1. The van der Waals surface area contributed by atoms with Gasteiger partial charge in [-0.05, 0) is 24.3 Å². The number of carbonyl (C=O) groups is 1. The summed E-state index contributed by atoms with van der Waals surface area (Å²) in [7, 11) is 0. The largest absolute Gasteiger partial charge is 0.506 e. The summed E-state index contributed by atoms with van der Waals surface area (Å²) in [6.45, 7) is 0. The number of phenols is 1. The van der Waals surface area contributed by atoms with Gasteiger partial charge in [-0.2, -0.15) is 10.1 Å². The normalized spacial score (nSPS) is 12.8. The lowest BCUT2D eigenvalue weighted by molar-refractivity contribution is 0.246. The van der Waals surface area contributed by atoms with Crippen LogP contribution in [0, 0.1) is 0 Å². The summed E-state index contributed by atoms with van der Waals surface area (Å²) < 4.78 is 0. The van der Waals surface area contributed by atoms with Crippen molar-refractivity contribution >= 4 is 23.1 Å². The number of hydrogen-bond acceptors (Lipinski definition) is 5. The maximum atomic E-state index is 12.0. The molecule has 3 rings (SSSR count). The van der Waals surface area contributed by atoms with Gasteiger partial charge >= 0.3 is 6.03 Å². The van der Waals surface area contributed by atoms with E-state index in [0.717, 1.165) is 5.69 Å². The monoisotopic (exact) mass is 271 g/mol. The molecule has 7 nitrogen and oxygen atoms in total. The molecule has 7 heteroatoms. The Morgan fingerprint density at radius 3 is 2.45 bits per heavy atom. The number of nitrogens with zero attached hydrogens (tertiary/aromatic N) is 2. The molecule has 0 fully saturated rings. The minimum atomic E-state index is -0.522. The van der Waals surface area contributed by atoms with Gasteiger partial charge in [0, 0.05) is 0 Å². The summed E-state index contributed by atoms with van der Waals surface area (Å²) in [6, 6.07) is 13.4. The van der Waals surface area contributed by atoms with Crippen LogP contribution in [0.3, 0.4) is 0 Å². The van der Waals surface area contributed by atoms with Gasteiger partial charge in [0.15, 0.2) is 0 Å². The average molecular weight is 271 g/mol. The highest BCUT2D eigenvalue weighted by molar-refractivity contribution is 6.01. The van der Waals surface area contributed by atoms with Crippen LogP contribution in [0.25, 0.3) is 0 Å². The Bertz CT molecular complexity index is 661. The summed E-state index contributed by atoms with van der Waals surface area (Å²) in [5.41, 5.74) is 6.94. The van der Waals surface area contributed by atoms with Gasteiger partial charge in [-0.3, -0.25) is 10.9 Å². The van der Waals surface area contributed by atoms with Gasteiger partial charge in [-0.15, -0.1) is 0 Å². The van der Waals surface area contributed by atoms with E-state index < -0.39 is 6.03 Å². The lowest BCUT2D eigenvalue weighted by Gasteiger charge is -2.28. The first-order valence-corrected chi connectivity index (χ1v) is 5.97. The minimum Gasteiger partial charge on any atom is -0.506 e. The molecule has 2 aromatic carbocycles. The molecule has 0 aromatic heterocycles. The van der Waals surface area contributed by atoms with E-state index in [1.807, 2.05) is 18.2 Å². The Morgan fingerprint density at radius 2 is 1.75 bits per heavy atom. The number of nitrogens with two attached hydrogens (primary N) is 1. The number of nitrogens with one attached hydrogen (secondary N) is 2. The second-order valence-corrected chi connectivity index (χ2v) is 4.19. The molecule has 102 valence electrons. The predicted octanol–water partition coefficient (Wildman–Crippen LogP) is 1.54. The Morgan fingerprint density at radius 1 is 1.10 bits per heavy atom. The molecule has 5 N–H and O–H groups in total. The molecule has 1 heterocycles. The Labute approximate surface area is 115 Å². The molecule has 0 atom stereocenters. The number of phenolic OH excluding ortho intramolecular Hbond substituents is 1. The van der Waals surface area contributed by atoms with Crippen molar-refractivity contribution in [3.05, 3.63) is 48.5 Å². The number of urea groups is 1. The van der Waals surface area contributed by atoms with Crippen LogP contribution in [-0.2, 0) is 0 Å². The topological polar surface area (TPSA) is 93.9 Å². The van der Waals surface area contributed by atoms with Crippen molar-refractivity contribution in [2.45, 2.75) is 0 Å². The van der Waals surface area contributed by atoms with Gasteiger partial charge in [-0.25, -0.2) is 10.6 Å². The number of amides is 2. The fourth-order valence-corrected chi connectivity index (χ4v) is 2.10. The summed E-state index contributed by atoms with van der Waals surface area (Å²) in [6.07, 6.45) is 0. The summed E-state index contributed by atoms with van der Waals surface area (Å²) >= 11 is 0. The van der Waals surface area contributed by atoms with Crippen LogP contribution in [0.2, 0.25) is 0 Å². The SMILES string of the molecule is NNC(=O)N1c2ccccc2NN1c1ccccc1O. The second kappa shape index (κ2) is 4.63. The van der Waals surface area contributed by atoms with Crippen molar-refractivity contribution in [2.75, 3.05) is 15.6 Å². The fraction of sp³-hybridized carbons (Fsp3) is 0. The zero-order valence-electron chi connectivity index (χ0n) is 10.4. The Balaban J connectivity index is 2.09. The predicted molar refractivity (Wildman–Crippen MR) is 75.8 cm³/mol. The summed E-state index contributed by atoms with van der Waals surface area (Å²) in [4.78, 5) is 12.0. The van der Waals surface area contributed by atoms with E-state index in [2.05, 4.69) is 10.9 Å². The number of benzene rings is 2. The van der Waals surface area contributed by atoms with E-state index in [4.69, 9.17) is 5.84 Å². The smallest absolute Gasteiger partial charge is 0.356 e. The molecule has 2 amide bonds. The highest BCUT2D eigenvalue weighted by atomic mass is 16.3. The number of aromatic hydroxyl groups is 1. The van der Waals surface area contributed by atoms with Gasteiger partial charge in [0.1, 0.15) is 11.4 Å². The molecule has 0 radical (unpaired) electrons. The van der Waals surface area contributed by atoms with E-state index >= 15 is 0 Å². The third-order valence-electron chi connectivity index (χ3n) is 2.98. The van der Waals surface area contributed by atoms with E-state index in [1.165, 1.54) is 10.1 Å². The molecule has 0 spiro atoms. The van der Waals surface area contributed by atoms with E-state index in [-0.39, 0.29) is 5.75 Å². The molecule has 0 unspecified atom stereocenters. The van der Waals surface area contributed by atoms with Crippen LogP contribution in [0.5, 0.6) is 5.75 Å². The van der Waals surface area contributed by atoms with Crippen LogP contribution in [0.1, 0.15) is 0 Å². The Kier molecular flexibility index (Phi) is 2.81. The molecule has 0 bridgehead atoms. The third-order valence-corrected chi connectivity index (χ3v) is 2.98. The van der Waals surface area contributed by atoms with Crippen molar-refractivity contribution in [3.8, 4) is 5.75 Å². The number of hydrogen-bond donors (Lipinski definition) is 4. The third kappa shape index (κ3) is 1.77. The number of fused-ring (bicyclic) bond motifs is 1. The standard InChI is InChI=1S/C13H13N5O2/c14-15-13(20)17-10-6-2-1-5-9(10)16-18(17)11-7-3-4-8-12(11)19/h1-8,16,19H,14H2,(H,15,20). The molecule has 1 aliphatic heterocycles. The molecular formula is C13H13N5O2. The zero-order valence-corrected chi connectivity index (χ0v) is 10.4. The number of para-hydroxylation sites is 4. The van der Waals surface area contributed by atoms with Crippen LogP contribution in [-0.4, -0.2) is 11.1 Å². The average Bonchev–Trinajstić information content (AvgIpc) is 2.86. The quantitative estimate of drug-likeness (QED) is 0.358. The van der Waals surface area contributed by atoms with Gasteiger partial charge in [-0.1, -0.05) is 24.3 Å². The summed E-state index contributed by atoms with van der Waals surface area (Å²) in [5.74, 6) is 5.27.